The number of amides is 1. The van der Waals surface area contributed by atoms with Crippen molar-refractivity contribution < 1.29 is 23.8 Å². The quantitative estimate of drug-likeness (QED) is 0.792. The van der Waals surface area contributed by atoms with Gasteiger partial charge in [0.05, 0.1) is 18.1 Å². The largest absolute Gasteiger partial charge is 0.481 e. The molecule has 25 heavy (non-hydrogen) atoms. The number of rotatable bonds is 6. The lowest BCUT2D eigenvalue weighted by Gasteiger charge is -2.29. The van der Waals surface area contributed by atoms with Gasteiger partial charge in [0.1, 0.15) is 0 Å². The second-order valence-electron chi connectivity index (χ2n) is 7.22. The smallest absolute Gasteiger partial charge is 0.304 e. The summed E-state index contributed by atoms with van der Waals surface area (Å²) in [4.78, 5) is 25.2. The summed E-state index contributed by atoms with van der Waals surface area (Å²) in [5.41, 5.74) is -0.160. The normalized spacial score (nSPS) is 33.6. The Hall–Kier alpha value is -1.57. The third-order valence-corrected chi connectivity index (χ3v) is 5.99. The molecule has 136 valence electrons. The van der Waals surface area contributed by atoms with Crippen molar-refractivity contribution in [2.24, 2.45) is 11.8 Å². The summed E-state index contributed by atoms with van der Waals surface area (Å²) in [6.45, 7) is 2.70. The molecule has 3 aliphatic rings. The number of nitrogens with zero attached hydrogens (tertiary/aromatic N) is 1. The van der Waals surface area contributed by atoms with Crippen LogP contribution in [0, 0.1) is 11.8 Å². The molecule has 4 rings (SSSR count). The molecule has 3 saturated heterocycles. The lowest BCUT2D eigenvalue weighted by molar-refractivity contribution is -0.137. The van der Waals surface area contributed by atoms with Crippen molar-refractivity contribution in [2.45, 2.75) is 31.0 Å². The average molecular weight is 369 g/mol. The molecule has 1 spiro atoms. The first kappa shape index (κ1) is 16.9. The van der Waals surface area contributed by atoms with Gasteiger partial charge in [-0.15, -0.1) is 0 Å². The Labute approximate surface area is 150 Å². The molecule has 1 aromatic rings. The van der Waals surface area contributed by atoms with Crippen molar-refractivity contribution in [1.82, 2.24) is 10.2 Å². The molecular formula is C17H21ClN2O5. The van der Waals surface area contributed by atoms with Crippen LogP contribution in [0.2, 0.25) is 5.22 Å². The maximum atomic E-state index is 12.2. The van der Waals surface area contributed by atoms with Gasteiger partial charge in [0.25, 0.3) is 5.91 Å². The highest BCUT2D eigenvalue weighted by Crippen LogP contribution is 2.54. The molecule has 0 aromatic carbocycles. The first-order valence-corrected chi connectivity index (χ1v) is 9.00. The van der Waals surface area contributed by atoms with Gasteiger partial charge in [-0.3, -0.25) is 14.5 Å². The third-order valence-electron chi connectivity index (χ3n) is 5.79. The number of carbonyl (C=O) groups excluding carboxylic acids is 1. The maximum absolute atomic E-state index is 12.2. The van der Waals surface area contributed by atoms with Crippen LogP contribution in [0.5, 0.6) is 0 Å². The number of nitrogens with one attached hydrogen (secondary N) is 1. The van der Waals surface area contributed by atoms with Crippen LogP contribution in [-0.4, -0.2) is 59.8 Å². The van der Waals surface area contributed by atoms with Crippen molar-refractivity contribution in [3.8, 4) is 0 Å². The van der Waals surface area contributed by atoms with Gasteiger partial charge in [0, 0.05) is 38.0 Å². The topological polar surface area (TPSA) is 92.0 Å². The highest BCUT2D eigenvalue weighted by atomic mass is 35.5. The predicted molar refractivity (Wildman–Crippen MR) is 88.6 cm³/mol. The number of aliphatic carboxylic acids is 1. The van der Waals surface area contributed by atoms with Crippen molar-refractivity contribution in [3.63, 3.8) is 0 Å². The fraction of sp³-hybridized carbons (Fsp3) is 0.647. The zero-order chi connectivity index (χ0) is 17.6. The number of halogens is 1. The summed E-state index contributed by atoms with van der Waals surface area (Å²) in [5.74, 6) is -0.262. The molecule has 3 aliphatic heterocycles. The van der Waals surface area contributed by atoms with Gasteiger partial charge in [-0.05, 0) is 36.6 Å². The summed E-state index contributed by atoms with van der Waals surface area (Å²) in [6.07, 6.45) is 2.33. The number of fused-ring (bicyclic) bond motifs is 1. The molecule has 7 nitrogen and oxygen atoms in total. The zero-order valence-corrected chi connectivity index (χ0v) is 14.5. The van der Waals surface area contributed by atoms with Crippen molar-refractivity contribution in [1.29, 1.82) is 0 Å². The van der Waals surface area contributed by atoms with E-state index in [1.807, 2.05) is 0 Å². The van der Waals surface area contributed by atoms with Gasteiger partial charge in [0.15, 0.2) is 11.0 Å². The Balaban J connectivity index is 1.38. The van der Waals surface area contributed by atoms with E-state index < -0.39 is 5.97 Å². The number of likely N-dealkylation sites (tertiary alicyclic amines) is 1. The highest BCUT2D eigenvalue weighted by molar-refractivity contribution is 6.29. The third kappa shape index (κ3) is 3.05. The van der Waals surface area contributed by atoms with Gasteiger partial charge < -0.3 is 19.6 Å². The summed E-state index contributed by atoms with van der Waals surface area (Å²) in [5, 5.41) is 12.0. The minimum Gasteiger partial charge on any atom is -0.481 e. The number of ether oxygens (including phenoxy) is 1. The van der Waals surface area contributed by atoms with Crippen LogP contribution in [0.25, 0.3) is 0 Å². The average Bonchev–Trinajstić information content (AvgIpc) is 3.30. The second-order valence-corrected chi connectivity index (χ2v) is 7.60. The molecular weight excluding hydrogens is 348 g/mol. The molecule has 4 heterocycles. The zero-order valence-electron chi connectivity index (χ0n) is 13.7. The molecule has 1 aromatic heterocycles. The predicted octanol–water partition coefficient (Wildman–Crippen LogP) is 1.62. The van der Waals surface area contributed by atoms with Crippen LogP contribution in [0.3, 0.4) is 0 Å². The number of furan rings is 1. The molecule has 0 aliphatic carbocycles. The van der Waals surface area contributed by atoms with Crippen molar-refractivity contribution in [3.05, 3.63) is 23.1 Å². The van der Waals surface area contributed by atoms with Gasteiger partial charge in [-0.25, -0.2) is 0 Å². The first-order chi connectivity index (χ1) is 12.0. The lowest BCUT2D eigenvalue weighted by atomic mass is 9.73. The summed E-state index contributed by atoms with van der Waals surface area (Å²) >= 11 is 5.71. The van der Waals surface area contributed by atoms with E-state index in [1.165, 1.54) is 0 Å². The van der Waals surface area contributed by atoms with E-state index in [0.717, 1.165) is 25.9 Å². The van der Waals surface area contributed by atoms with Crippen LogP contribution >= 0.6 is 11.6 Å². The van der Waals surface area contributed by atoms with Gasteiger partial charge >= 0.3 is 5.97 Å². The summed E-state index contributed by atoms with van der Waals surface area (Å²) in [7, 11) is 0. The molecule has 0 saturated carbocycles. The molecule has 3 fully saturated rings. The van der Waals surface area contributed by atoms with Gasteiger partial charge in [-0.2, -0.15) is 0 Å². The number of carbonyl (C=O) groups is 2. The summed E-state index contributed by atoms with van der Waals surface area (Å²) < 4.78 is 11.4. The van der Waals surface area contributed by atoms with E-state index >= 15 is 0 Å². The number of hydrogen-bond acceptors (Lipinski definition) is 5. The monoisotopic (exact) mass is 368 g/mol. The highest BCUT2D eigenvalue weighted by Gasteiger charge is 2.62. The Morgan fingerprint density at radius 3 is 3.00 bits per heavy atom. The SMILES string of the molecule is O=C(O)CCN1C[C@@H]2[C@H](CNC(=O)c3ccc(Cl)o3)[C@H]3CC[C@]2(C1)O3. The Morgan fingerprint density at radius 2 is 2.28 bits per heavy atom. The Morgan fingerprint density at radius 1 is 1.44 bits per heavy atom. The standard InChI is InChI=1S/C17H21ClN2O5/c18-14-2-1-13(24-14)16(23)19-7-10-11-8-20(6-4-15(21)22)9-17(11)5-3-12(10)25-17/h1-2,10-12H,3-9H2,(H,19,23)(H,21,22)/t10-,11+,12+,17+/m0/s1. The minimum atomic E-state index is -0.777. The van der Waals surface area contributed by atoms with E-state index in [9.17, 15) is 9.59 Å². The fourth-order valence-electron chi connectivity index (χ4n) is 4.72. The van der Waals surface area contributed by atoms with Crippen molar-refractivity contribution in [2.75, 3.05) is 26.2 Å². The molecule has 0 unspecified atom stereocenters. The van der Waals surface area contributed by atoms with Crippen LogP contribution in [0.15, 0.2) is 16.5 Å². The van der Waals surface area contributed by atoms with E-state index in [0.29, 0.717) is 19.0 Å². The van der Waals surface area contributed by atoms with Crippen LogP contribution in [0.1, 0.15) is 29.8 Å². The van der Waals surface area contributed by atoms with Crippen LogP contribution in [-0.2, 0) is 9.53 Å². The molecule has 2 N–H and O–H groups in total. The van der Waals surface area contributed by atoms with E-state index in [2.05, 4.69) is 10.2 Å². The Kier molecular flexibility index (Phi) is 4.25. The van der Waals surface area contributed by atoms with E-state index in [-0.39, 0.29) is 40.9 Å². The van der Waals surface area contributed by atoms with E-state index in [4.69, 9.17) is 25.9 Å². The molecule has 0 radical (unpaired) electrons. The van der Waals surface area contributed by atoms with Crippen molar-refractivity contribution >= 4 is 23.5 Å². The van der Waals surface area contributed by atoms with Gasteiger partial charge in [-0.1, -0.05) is 0 Å². The minimum absolute atomic E-state index is 0.146. The first-order valence-electron chi connectivity index (χ1n) is 8.62. The van der Waals surface area contributed by atoms with Crippen LogP contribution in [0.4, 0.5) is 0 Å². The van der Waals surface area contributed by atoms with E-state index in [1.54, 1.807) is 12.1 Å². The number of carboxylic acid groups (broad SMARTS) is 1. The molecule has 4 atom stereocenters. The fourth-order valence-corrected chi connectivity index (χ4v) is 4.86. The Bertz CT molecular complexity index is 692. The lowest BCUT2D eigenvalue weighted by Crippen LogP contribution is -2.41. The maximum Gasteiger partial charge on any atom is 0.304 e. The molecule has 2 bridgehead atoms. The number of hydrogen-bond donors (Lipinski definition) is 2. The molecule has 8 heteroatoms. The number of carboxylic acids is 1. The van der Waals surface area contributed by atoms with Gasteiger partial charge in [0.2, 0.25) is 0 Å². The summed E-state index contributed by atoms with van der Waals surface area (Å²) in [6, 6.07) is 3.10. The molecule has 1 amide bonds. The second kappa shape index (κ2) is 6.30. The van der Waals surface area contributed by atoms with Crippen LogP contribution < -0.4 is 5.32 Å².